The number of hydrogen-bond donors (Lipinski definition) is 3. The van der Waals surface area contributed by atoms with Crippen molar-refractivity contribution in [1.29, 1.82) is 0 Å². The van der Waals surface area contributed by atoms with E-state index < -0.39 is 0 Å². The second-order valence-electron chi connectivity index (χ2n) is 5.68. The first-order valence-corrected chi connectivity index (χ1v) is 7.93. The molecule has 2 aromatic rings. The number of amidine groups is 1. The summed E-state index contributed by atoms with van der Waals surface area (Å²) < 4.78 is 0. The van der Waals surface area contributed by atoms with Gasteiger partial charge in [-0.25, -0.2) is 4.99 Å². The molecule has 0 fully saturated rings. The Morgan fingerprint density at radius 1 is 0.960 bits per heavy atom. The van der Waals surface area contributed by atoms with Gasteiger partial charge in [0.15, 0.2) is 5.82 Å². The van der Waals surface area contributed by atoms with Crippen molar-refractivity contribution in [3.8, 4) is 0 Å². The fraction of sp³-hybridized carbons (Fsp3) is 0.150. The number of nitrogens with one attached hydrogen (secondary N) is 2. The Bertz CT molecular complexity index is 858. The SMILES string of the molecule is C=C=C(N=C(N)N=C(C)Nc1cccc(C)c1)Nc1cccc(C)c1. The van der Waals surface area contributed by atoms with Crippen LogP contribution in [0.2, 0.25) is 0 Å². The maximum atomic E-state index is 5.91. The Labute approximate surface area is 148 Å². The Balaban J connectivity index is 2.08. The molecule has 0 unspecified atom stereocenters. The number of benzene rings is 2. The topological polar surface area (TPSA) is 74.8 Å². The van der Waals surface area contributed by atoms with Gasteiger partial charge in [0, 0.05) is 11.4 Å². The summed E-state index contributed by atoms with van der Waals surface area (Å²) in [5.41, 5.74) is 12.8. The van der Waals surface area contributed by atoms with Crippen molar-refractivity contribution in [2.24, 2.45) is 15.7 Å². The van der Waals surface area contributed by atoms with E-state index in [1.54, 1.807) is 0 Å². The van der Waals surface area contributed by atoms with Crippen LogP contribution in [0.25, 0.3) is 0 Å². The minimum Gasteiger partial charge on any atom is -0.368 e. The Morgan fingerprint density at radius 3 is 2.04 bits per heavy atom. The van der Waals surface area contributed by atoms with Gasteiger partial charge in [-0.2, -0.15) is 4.99 Å². The van der Waals surface area contributed by atoms with Gasteiger partial charge in [0.2, 0.25) is 5.96 Å². The van der Waals surface area contributed by atoms with Crippen LogP contribution in [0.15, 0.2) is 76.6 Å². The summed E-state index contributed by atoms with van der Waals surface area (Å²) in [6.07, 6.45) is 0. The molecule has 0 saturated heterocycles. The number of aryl methyl sites for hydroxylation is 2. The standard InChI is InChI=1S/C20H23N5/c1-5-19(24-18-11-7-9-15(3)13-18)25-20(21)23-16(4)22-17-10-6-8-14(2)12-17/h6-13,24H,1H2,2-4H3,(H3,21,22,23,25). The first-order valence-electron chi connectivity index (χ1n) is 7.93. The lowest BCUT2D eigenvalue weighted by molar-refractivity contribution is 1.27. The molecule has 5 nitrogen and oxygen atoms in total. The first-order chi connectivity index (χ1) is 12.0. The molecule has 0 aliphatic heterocycles. The zero-order valence-electron chi connectivity index (χ0n) is 14.8. The number of guanidine groups is 1. The van der Waals surface area contributed by atoms with Crippen LogP contribution < -0.4 is 16.4 Å². The van der Waals surface area contributed by atoms with Crippen LogP contribution >= 0.6 is 0 Å². The molecule has 0 radical (unpaired) electrons. The van der Waals surface area contributed by atoms with Gasteiger partial charge >= 0.3 is 0 Å². The molecular formula is C20H23N5. The van der Waals surface area contributed by atoms with Gasteiger partial charge in [-0.1, -0.05) is 36.6 Å². The third kappa shape index (κ3) is 6.01. The second-order valence-corrected chi connectivity index (χ2v) is 5.68. The van der Waals surface area contributed by atoms with Gasteiger partial charge in [-0.05, 0) is 56.2 Å². The van der Waals surface area contributed by atoms with Crippen molar-refractivity contribution in [3.63, 3.8) is 0 Å². The van der Waals surface area contributed by atoms with E-state index in [-0.39, 0.29) is 5.96 Å². The molecule has 0 amide bonds. The van der Waals surface area contributed by atoms with E-state index in [2.05, 4.69) is 32.9 Å². The predicted octanol–water partition coefficient (Wildman–Crippen LogP) is 4.19. The number of rotatable bonds is 4. The minimum atomic E-state index is 0.115. The molecule has 128 valence electrons. The molecule has 0 aliphatic carbocycles. The average molecular weight is 333 g/mol. The van der Waals surface area contributed by atoms with Gasteiger partial charge in [0.05, 0.1) is 0 Å². The Hall–Kier alpha value is -3.30. The normalized spacial score (nSPS) is 11.6. The van der Waals surface area contributed by atoms with Crippen LogP contribution in [-0.2, 0) is 0 Å². The summed E-state index contributed by atoms with van der Waals surface area (Å²) in [6, 6.07) is 15.9. The van der Waals surface area contributed by atoms with Gasteiger partial charge in [0.1, 0.15) is 5.84 Å². The minimum absolute atomic E-state index is 0.115. The third-order valence-electron chi connectivity index (χ3n) is 3.30. The lowest BCUT2D eigenvalue weighted by Crippen LogP contribution is -2.16. The Kier molecular flexibility index (Phi) is 6.15. The number of anilines is 2. The second kappa shape index (κ2) is 8.52. The average Bonchev–Trinajstić information content (AvgIpc) is 2.54. The van der Waals surface area contributed by atoms with Crippen molar-refractivity contribution < 1.29 is 0 Å². The molecule has 0 aliphatic rings. The van der Waals surface area contributed by atoms with Crippen LogP contribution in [-0.4, -0.2) is 11.8 Å². The summed E-state index contributed by atoms with van der Waals surface area (Å²) >= 11 is 0. The summed E-state index contributed by atoms with van der Waals surface area (Å²) in [5, 5.41) is 6.30. The van der Waals surface area contributed by atoms with Crippen molar-refractivity contribution in [3.05, 3.63) is 77.8 Å². The maximum Gasteiger partial charge on any atom is 0.224 e. The van der Waals surface area contributed by atoms with E-state index in [1.165, 1.54) is 5.56 Å². The summed E-state index contributed by atoms with van der Waals surface area (Å²) in [5.74, 6) is 1.17. The molecule has 0 atom stereocenters. The predicted molar refractivity (Wildman–Crippen MR) is 107 cm³/mol. The van der Waals surface area contributed by atoms with E-state index >= 15 is 0 Å². The quantitative estimate of drug-likeness (QED) is 0.446. The monoisotopic (exact) mass is 333 g/mol. The molecule has 0 saturated carbocycles. The van der Waals surface area contributed by atoms with E-state index in [0.29, 0.717) is 11.7 Å². The van der Waals surface area contributed by atoms with Crippen molar-refractivity contribution in [2.75, 3.05) is 10.6 Å². The molecule has 2 aromatic carbocycles. The van der Waals surface area contributed by atoms with Gasteiger partial charge < -0.3 is 16.4 Å². The summed E-state index contributed by atoms with van der Waals surface area (Å²) in [4.78, 5) is 8.47. The summed E-state index contributed by atoms with van der Waals surface area (Å²) in [7, 11) is 0. The number of aliphatic imine (C=N–C) groups is 2. The highest BCUT2D eigenvalue weighted by molar-refractivity contribution is 6.01. The van der Waals surface area contributed by atoms with Gasteiger partial charge in [-0.3, -0.25) is 0 Å². The molecule has 5 heteroatoms. The van der Waals surface area contributed by atoms with Gasteiger partial charge in [-0.15, -0.1) is 0 Å². The number of nitrogens with two attached hydrogens (primary N) is 1. The maximum absolute atomic E-state index is 5.91. The van der Waals surface area contributed by atoms with Crippen molar-refractivity contribution >= 4 is 23.2 Å². The molecule has 0 heterocycles. The lowest BCUT2D eigenvalue weighted by Gasteiger charge is -2.07. The molecule has 0 bridgehead atoms. The molecule has 2 rings (SSSR count). The van der Waals surface area contributed by atoms with Crippen LogP contribution in [0.5, 0.6) is 0 Å². The van der Waals surface area contributed by atoms with E-state index in [9.17, 15) is 0 Å². The molecule has 25 heavy (non-hydrogen) atoms. The third-order valence-corrected chi connectivity index (χ3v) is 3.30. The zero-order valence-corrected chi connectivity index (χ0v) is 14.8. The fourth-order valence-electron chi connectivity index (χ4n) is 2.24. The summed E-state index contributed by atoms with van der Waals surface area (Å²) in [6.45, 7) is 9.52. The number of hydrogen-bond acceptors (Lipinski definition) is 2. The molecule has 0 spiro atoms. The first kappa shape index (κ1) is 18.0. The Morgan fingerprint density at radius 2 is 1.52 bits per heavy atom. The van der Waals surface area contributed by atoms with Crippen LogP contribution in [0, 0.1) is 13.8 Å². The van der Waals surface area contributed by atoms with Crippen LogP contribution in [0.3, 0.4) is 0 Å². The highest BCUT2D eigenvalue weighted by Crippen LogP contribution is 2.12. The van der Waals surface area contributed by atoms with E-state index in [0.717, 1.165) is 16.9 Å². The van der Waals surface area contributed by atoms with Gasteiger partial charge in [0.25, 0.3) is 0 Å². The molecular weight excluding hydrogens is 310 g/mol. The zero-order chi connectivity index (χ0) is 18.2. The smallest absolute Gasteiger partial charge is 0.224 e. The number of nitrogens with zero attached hydrogens (tertiary/aromatic N) is 2. The van der Waals surface area contributed by atoms with Crippen LogP contribution in [0.4, 0.5) is 11.4 Å². The van der Waals surface area contributed by atoms with Crippen molar-refractivity contribution in [2.45, 2.75) is 20.8 Å². The molecule has 0 aromatic heterocycles. The fourth-order valence-corrected chi connectivity index (χ4v) is 2.24. The van der Waals surface area contributed by atoms with Crippen LogP contribution in [0.1, 0.15) is 18.1 Å². The largest absolute Gasteiger partial charge is 0.368 e. The highest BCUT2D eigenvalue weighted by atomic mass is 15.1. The van der Waals surface area contributed by atoms with Crippen molar-refractivity contribution in [1.82, 2.24) is 0 Å². The highest BCUT2D eigenvalue weighted by Gasteiger charge is 2.00. The van der Waals surface area contributed by atoms with E-state index in [1.807, 2.05) is 69.3 Å². The van der Waals surface area contributed by atoms with E-state index in [4.69, 9.17) is 5.73 Å². The molecule has 4 N–H and O–H groups in total. The lowest BCUT2D eigenvalue weighted by atomic mass is 10.2.